The molecule has 0 spiro atoms. The second-order valence-electron chi connectivity index (χ2n) is 4.93. The molecule has 0 aliphatic carbocycles. The van der Waals surface area contributed by atoms with Crippen LogP contribution in [0.15, 0.2) is 18.2 Å². The number of halogens is 2. The highest BCUT2D eigenvalue weighted by atomic mass is 32.2. The number of benzene rings is 1. The Labute approximate surface area is 111 Å². The van der Waals surface area contributed by atoms with E-state index in [1.807, 2.05) is 18.7 Å². The minimum absolute atomic E-state index is 0.0697. The molecule has 1 aliphatic heterocycles. The molecule has 0 radical (unpaired) electrons. The standard InChI is InChI=1S/C14H19F2NS/c1-3-17-13(14(2)7-4-8-18-14)10-5-6-11(15)12(16)9-10/h5-6,9,13,17H,3-4,7-8H2,1-2H3. The monoisotopic (exact) mass is 271 g/mol. The van der Waals surface area contributed by atoms with Crippen LogP contribution in [0.1, 0.15) is 38.3 Å². The summed E-state index contributed by atoms with van der Waals surface area (Å²) in [6.07, 6.45) is 2.29. The maximum atomic E-state index is 13.4. The molecule has 2 rings (SSSR count). The van der Waals surface area contributed by atoms with Gasteiger partial charge in [0.2, 0.25) is 0 Å². The molecule has 0 bridgehead atoms. The molecule has 0 aromatic heterocycles. The number of nitrogens with one attached hydrogen (secondary N) is 1. The molecule has 4 heteroatoms. The average Bonchev–Trinajstić information content (AvgIpc) is 2.78. The van der Waals surface area contributed by atoms with Crippen LogP contribution in [0.25, 0.3) is 0 Å². The highest BCUT2D eigenvalue weighted by Gasteiger charge is 2.38. The minimum atomic E-state index is -0.779. The second kappa shape index (κ2) is 5.57. The molecular formula is C14H19F2NS. The normalized spacial score (nSPS) is 25.3. The molecule has 1 heterocycles. The van der Waals surface area contributed by atoms with E-state index < -0.39 is 11.6 Å². The Hall–Kier alpha value is -0.610. The van der Waals surface area contributed by atoms with Crippen molar-refractivity contribution < 1.29 is 8.78 Å². The van der Waals surface area contributed by atoms with E-state index >= 15 is 0 Å². The van der Waals surface area contributed by atoms with Gasteiger partial charge in [-0.15, -0.1) is 0 Å². The predicted octanol–water partition coefficient (Wildman–Crippen LogP) is 3.90. The third-order valence-corrected chi connectivity index (χ3v) is 5.14. The summed E-state index contributed by atoms with van der Waals surface area (Å²) < 4.78 is 26.5. The smallest absolute Gasteiger partial charge is 0.159 e. The Bertz CT molecular complexity index is 416. The minimum Gasteiger partial charge on any atom is -0.309 e. The highest BCUT2D eigenvalue weighted by Crippen LogP contribution is 2.46. The summed E-state index contributed by atoms with van der Waals surface area (Å²) >= 11 is 1.92. The summed E-state index contributed by atoms with van der Waals surface area (Å²) in [4.78, 5) is 0. The van der Waals surface area contributed by atoms with E-state index in [0.717, 1.165) is 24.3 Å². The average molecular weight is 271 g/mol. The van der Waals surface area contributed by atoms with Crippen LogP contribution in [0.5, 0.6) is 0 Å². The first kappa shape index (κ1) is 13.8. The van der Waals surface area contributed by atoms with E-state index in [1.165, 1.54) is 18.6 Å². The Morgan fingerprint density at radius 1 is 1.39 bits per heavy atom. The van der Waals surface area contributed by atoms with Crippen molar-refractivity contribution in [2.75, 3.05) is 12.3 Å². The van der Waals surface area contributed by atoms with Crippen LogP contribution in [-0.2, 0) is 0 Å². The molecule has 1 aromatic rings. The fraction of sp³-hybridized carbons (Fsp3) is 0.571. The van der Waals surface area contributed by atoms with E-state index in [9.17, 15) is 8.78 Å². The maximum Gasteiger partial charge on any atom is 0.159 e. The second-order valence-corrected chi connectivity index (χ2v) is 6.56. The van der Waals surface area contributed by atoms with Gasteiger partial charge in [0.25, 0.3) is 0 Å². The summed E-state index contributed by atoms with van der Waals surface area (Å²) in [5.74, 6) is -0.401. The largest absolute Gasteiger partial charge is 0.309 e. The summed E-state index contributed by atoms with van der Waals surface area (Å²) in [5, 5.41) is 3.42. The van der Waals surface area contributed by atoms with Gasteiger partial charge in [-0.05, 0) is 49.8 Å². The lowest BCUT2D eigenvalue weighted by molar-refractivity contribution is 0.417. The zero-order valence-electron chi connectivity index (χ0n) is 10.8. The van der Waals surface area contributed by atoms with Crippen molar-refractivity contribution in [3.05, 3.63) is 35.4 Å². The van der Waals surface area contributed by atoms with Gasteiger partial charge in [0, 0.05) is 10.8 Å². The third-order valence-electron chi connectivity index (χ3n) is 3.55. The molecule has 1 N–H and O–H groups in total. The fourth-order valence-corrected chi connectivity index (χ4v) is 4.04. The summed E-state index contributed by atoms with van der Waals surface area (Å²) in [6, 6.07) is 4.31. The Balaban J connectivity index is 2.31. The number of rotatable bonds is 4. The van der Waals surface area contributed by atoms with Crippen molar-refractivity contribution in [3.8, 4) is 0 Å². The molecule has 1 nitrogen and oxygen atoms in total. The van der Waals surface area contributed by atoms with Crippen LogP contribution in [0.4, 0.5) is 8.78 Å². The lowest BCUT2D eigenvalue weighted by Gasteiger charge is -2.34. The van der Waals surface area contributed by atoms with Crippen molar-refractivity contribution in [2.45, 2.75) is 37.5 Å². The molecule has 2 atom stereocenters. The van der Waals surface area contributed by atoms with Crippen LogP contribution in [0.2, 0.25) is 0 Å². The highest BCUT2D eigenvalue weighted by molar-refractivity contribution is 8.00. The number of hydrogen-bond donors (Lipinski definition) is 1. The van der Waals surface area contributed by atoms with Gasteiger partial charge in [-0.1, -0.05) is 13.0 Å². The summed E-state index contributed by atoms with van der Waals surface area (Å²) in [7, 11) is 0. The van der Waals surface area contributed by atoms with Crippen LogP contribution >= 0.6 is 11.8 Å². The van der Waals surface area contributed by atoms with Gasteiger partial charge in [0.05, 0.1) is 0 Å². The van der Waals surface area contributed by atoms with Gasteiger partial charge < -0.3 is 5.32 Å². The van der Waals surface area contributed by atoms with Crippen molar-refractivity contribution in [1.29, 1.82) is 0 Å². The van der Waals surface area contributed by atoms with Gasteiger partial charge >= 0.3 is 0 Å². The number of hydrogen-bond acceptors (Lipinski definition) is 2. The van der Waals surface area contributed by atoms with Crippen LogP contribution in [0.3, 0.4) is 0 Å². The molecule has 2 unspecified atom stereocenters. The molecule has 1 aliphatic rings. The molecule has 0 amide bonds. The third kappa shape index (κ3) is 2.69. The zero-order chi connectivity index (χ0) is 13.2. The molecule has 1 saturated heterocycles. The van der Waals surface area contributed by atoms with E-state index in [1.54, 1.807) is 6.07 Å². The van der Waals surface area contributed by atoms with E-state index in [4.69, 9.17) is 0 Å². The molecule has 1 aromatic carbocycles. The summed E-state index contributed by atoms with van der Waals surface area (Å²) in [6.45, 7) is 5.06. The Morgan fingerprint density at radius 2 is 2.17 bits per heavy atom. The molecular weight excluding hydrogens is 252 g/mol. The lowest BCUT2D eigenvalue weighted by Crippen LogP contribution is -2.37. The molecule has 1 fully saturated rings. The van der Waals surface area contributed by atoms with Crippen molar-refractivity contribution in [1.82, 2.24) is 5.32 Å². The SMILES string of the molecule is CCNC(c1ccc(F)c(F)c1)C1(C)CCCS1. The van der Waals surface area contributed by atoms with Gasteiger partial charge in [0.1, 0.15) is 0 Å². The predicted molar refractivity (Wildman–Crippen MR) is 72.9 cm³/mol. The summed E-state index contributed by atoms with van der Waals surface area (Å²) in [5.41, 5.74) is 0.840. The number of thioether (sulfide) groups is 1. The first-order valence-electron chi connectivity index (χ1n) is 6.39. The first-order valence-corrected chi connectivity index (χ1v) is 7.37. The topological polar surface area (TPSA) is 12.0 Å². The lowest BCUT2D eigenvalue weighted by atomic mass is 9.90. The fourth-order valence-electron chi connectivity index (χ4n) is 2.61. The van der Waals surface area contributed by atoms with Crippen molar-refractivity contribution in [2.24, 2.45) is 0 Å². The molecule has 100 valence electrons. The van der Waals surface area contributed by atoms with Crippen molar-refractivity contribution >= 4 is 11.8 Å². The van der Waals surface area contributed by atoms with Crippen LogP contribution in [0, 0.1) is 11.6 Å². The molecule has 0 saturated carbocycles. The van der Waals surface area contributed by atoms with E-state index in [2.05, 4.69) is 12.2 Å². The molecule has 18 heavy (non-hydrogen) atoms. The zero-order valence-corrected chi connectivity index (χ0v) is 11.6. The van der Waals surface area contributed by atoms with E-state index in [0.29, 0.717) is 0 Å². The first-order chi connectivity index (χ1) is 8.57. The quantitative estimate of drug-likeness (QED) is 0.891. The van der Waals surface area contributed by atoms with Crippen LogP contribution < -0.4 is 5.32 Å². The van der Waals surface area contributed by atoms with Gasteiger partial charge in [0.15, 0.2) is 11.6 Å². The van der Waals surface area contributed by atoms with Crippen LogP contribution in [-0.4, -0.2) is 17.0 Å². The maximum absolute atomic E-state index is 13.4. The van der Waals surface area contributed by atoms with E-state index in [-0.39, 0.29) is 10.8 Å². The van der Waals surface area contributed by atoms with Gasteiger partial charge in [-0.25, -0.2) is 8.78 Å². The van der Waals surface area contributed by atoms with Gasteiger partial charge in [-0.3, -0.25) is 0 Å². The Morgan fingerprint density at radius 3 is 2.72 bits per heavy atom. The Kier molecular flexibility index (Phi) is 4.28. The van der Waals surface area contributed by atoms with Gasteiger partial charge in [-0.2, -0.15) is 11.8 Å². The van der Waals surface area contributed by atoms with Crippen molar-refractivity contribution in [3.63, 3.8) is 0 Å².